The summed E-state index contributed by atoms with van der Waals surface area (Å²) < 4.78 is 0. The lowest BCUT2D eigenvalue weighted by atomic mass is 10.4. The van der Waals surface area contributed by atoms with Gasteiger partial charge in [-0.05, 0) is 12.1 Å². The van der Waals surface area contributed by atoms with E-state index < -0.39 is 0 Å². The Hall–Kier alpha value is -1.27. The third kappa shape index (κ3) is 6.35. The summed E-state index contributed by atoms with van der Waals surface area (Å²) in [5.74, 6) is -0.171. The third-order valence-electron chi connectivity index (χ3n) is 1.93. The molecule has 1 amide bonds. The smallest absolute Gasteiger partial charge is 0.221 e. The lowest BCUT2D eigenvalue weighted by molar-refractivity contribution is -0.114. The maximum absolute atomic E-state index is 10.6. The number of carbonyl (C=O) groups excluding carboxylic acids is 1. The van der Waals surface area contributed by atoms with Gasteiger partial charge in [0.1, 0.15) is 10.3 Å². The Balaban J connectivity index is 0.000000219. The van der Waals surface area contributed by atoms with Gasteiger partial charge in [0.15, 0.2) is 0 Å². The van der Waals surface area contributed by atoms with Gasteiger partial charge in [-0.3, -0.25) is 4.79 Å². The van der Waals surface area contributed by atoms with Crippen LogP contribution in [-0.4, -0.2) is 15.9 Å². The number of hydrogen-bond donors (Lipinski definition) is 2. The molecule has 0 atom stereocenters. The SMILES string of the molecule is CC(=O)Nc1cnc(Cl)c(Cl)c1.Nc1cnc(Cl)c(Cl)c1. The van der Waals surface area contributed by atoms with Crippen LogP contribution in [0.15, 0.2) is 24.5 Å². The van der Waals surface area contributed by atoms with Crippen molar-refractivity contribution in [2.75, 3.05) is 11.1 Å². The highest BCUT2D eigenvalue weighted by Gasteiger charge is 2.01. The summed E-state index contributed by atoms with van der Waals surface area (Å²) in [7, 11) is 0. The molecule has 0 aliphatic carbocycles. The van der Waals surface area contributed by atoms with E-state index in [1.807, 2.05) is 0 Å². The van der Waals surface area contributed by atoms with Crippen molar-refractivity contribution in [2.24, 2.45) is 0 Å². The normalized spacial score (nSPS) is 9.57. The number of nitrogens with zero attached hydrogens (tertiary/aromatic N) is 2. The van der Waals surface area contributed by atoms with Crippen LogP contribution in [0.2, 0.25) is 20.4 Å². The molecular formula is C12H10Cl4N4O. The van der Waals surface area contributed by atoms with Crippen LogP contribution in [0.1, 0.15) is 6.92 Å². The minimum absolute atomic E-state index is 0.171. The molecule has 0 aromatic carbocycles. The average molecular weight is 368 g/mol. The van der Waals surface area contributed by atoms with Gasteiger partial charge in [0.25, 0.3) is 0 Å². The van der Waals surface area contributed by atoms with Gasteiger partial charge in [-0.25, -0.2) is 9.97 Å². The van der Waals surface area contributed by atoms with E-state index in [0.29, 0.717) is 21.4 Å². The summed E-state index contributed by atoms with van der Waals surface area (Å²) in [6.45, 7) is 1.41. The second kappa shape index (κ2) is 8.24. The standard InChI is InChI=1S/C7H6Cl2N2O.C5H4Cl2N2/c1-4(12)11-5-2-6(8)7(9)10-3-5;6-4-1-3(8)2-9-5(4)7/h2-3H,1H3,(H,11,12);1-2H,8H2. The van der Waals surface area contributed by atoms with E-state index in [1.54, 1.807) is 6.07 Å². The van der Waals surface area contributed by atoms with Gasteiger partial charge in [0, 0.05) is 6.92 Å². The second-order valence-electron chi connectivity index (χ2n) is 3.72. The molecule has 0 aliphatic rings. The van der Waals surface area contributed by atoms with Gasteiger partial charge in [-0.15, -0.1) is 0 Å². The number of aromatic nitrogens is 2. The molecule has 0 saturated carbocycles. The van der Waals surface area contributed by atoms with Crippen molar-refractivity contribution in [2.45, 2.75) is 6.92 Å². The molecule has 2 aromatic rings. The van der Waals surface area contributed by atoms with Crippen LogP contribution < -0.4 is 11.1 Å². The minimum atomic E-state index is -0.171. The molecule has 5 nitrogen and oxygen atoms in total. The second-order valence-corrected chi connectivity index (χ2v) is 5.25. The Labute approximate surface area is 141 Å². The molecule has 0 unspecified atom stereocenters. The first kappa shape index (κ1) is 17.8. The van der Waals surface area contributed by atoms with E-state index in [4.69, 9.17) is 52.1 Å². The molecule has 2 aromatic heterocycles. The Bertz CT molecular complexity index is 651. The monoisotopic (exact) mass is 366 g/mol. The highest BCUT2D eigenvalue weighted by atomic mass is 35.5. The number of pyridine rings is 2. The maximum Gasteiger partial charge on any atom is 0.221 e. The fourth-order valence-electron chi connectivity index (χ4n) is 1.13. The fourth-order valence-corrected chi connectivity index (χ4v) is 1.68. The Morgan fingerprint density at radius 3 is 2.00 bits per heavy atom. The number of anilines is 2. The highest BCUT2D eigenvalue weighted by Crippen LogP contribution is 2.22. The number of nitrogen functional groups attached to an aromatic ring is 1. The van der Waals surface area contributed by atoms with Crippen LogP contribution in [0.25, 0.3) is 0 Å². The van der Waals surface area contributed by atoms with E-state index in [-0.39, 0.29) is 16.2 Å². The van der Waals surface area contributed by atoms with Crippen LogP contribution in [0, 0.1) is 0 Å². The van der Waals surface area contributed by atoms with Crippen molar-refractivity contribution >= 4 is 63.7 Å². The molecule has 0 fully saturated rings. The molecule has 9 heteroatoms. The Morgan fingerprint density at radius 2 is 1.57 bits per heavy atom. The summed E-state index contributed by atoms with van der Waals surface area (Å²) in [6, 6.07) is 3.09. The summed E-state index contributed by atoms with van der Waals surface area (Å²) in [5, 5.41) is 3.75. The number of hydrogen-bond acceptors (Lipinski definition) is 4. The van der Waals surface area contributed by atoms with Crippen molar-refractivity contribution in [1.29, 1.82) is 0 Å². The first-order chi connectivity index (χ1) is 9.79. The molecular weight excluding hydrogens is 358 g/mol. The summed E-state index contributed by atoms with van der Waals surface area (Å²) in [4.78, 5) is 18.0. The average Bonchev–Trinajstić information content (AvgIpc) is 2.39. The molecule has 0 aliphatic heterocycles. The largest absolute Gasteiger partial charge is 0.397 e. The predicted octanol–water partition coefficient (Wildman–Crippen LogP) is 4.32. The van der Waals surface area contributed by atoms with Crippen molar-refractivity contribution in [3.8, 4) is 0 Å². The summed E-state index contributed by atoms with van der Waals surface area (Å²) >= 11 is 22.2. The molecule has 2 heterocycles. The molecule has 21 heavy (non-hydrogen) atoms. The van der Waals surface area contributed by atoms with Crippen molar-refractivity contribution in [3.63, 3.8) is 0 Å². The van der Waals surface area contributed by atoms with Crippen LogP contribution >= 0.6 is 46.4 Å². The zero-order valence-corrected chi connectivity index (χ0v) is 13.7. The number of nitrogens with two attached hydrogens (primary N) is 1. The molecule has 0 bridgehead atoms. The molecule has 0 spiro atoms. The van der Waals surface area contributed by atoms with Crippen LogP contribution in [-0.2, 0) is 4.79 Å². The van der Waals surface area contributed by atoms with E-state index in [0.717, 1.165) is 0 Å². The van der Waals surface area contributed by atoms with E-state index in [2.05, 4.69) is 15.3 Å². The lowest BCUT2D eigenvalue weighted by Crippen LogP contribution is -2.05. The van der Waals surface area contributed by atoms with Gasteiger partial charge in [0.2, 0.25) is 5.91 Å². The number of halogens is 4. The summed E-state index contributed by atoms with van der Waals surface area (Å²) in [5.41, 5.74) is 6.38. The van der Waals surface area contributed by atoms with Crippen LogP contribution in [0.3, 0.4) is 0 Å². The van der Waals surface area contributed by atoms with Gasteiger partial charge in [-0.1, -0.05) is 46.4 Å². The number of amides is 1. The summed E-state index contributed by atoms with van der Waals surface area (Å²) in [6.07, 6.45) is 2.89. The van der Waals surface area contributed by atoms with E-state index in [1.165, 1.54) is 25.4 Å². The first-order valence-electron chi connectivity index (χ1n) is 5.44. The third-order valence-corrected chi connectivity index (χ3v) is 3.31. The van der Waals surface area contributed by atoms with Gasteiger partial charge in [0.05, 0.1) is 33.8 Å². The van der Waals surface area contributed by atoms with E-state index >= 15 is 0 Å². The number of rotatable bonds is 1. The zero-order chi connectivity index (χ0) is 16.0. The predicted molar refractivity (Wildman–Crippen MR) is 87.2 cm³/mol. The van der Waals surface area contributed by atoms with Crippen LogP contribution in [0.5, 0.6) is 0 Å². The Kier molecular flexibility index (Phi) is 6.98. The van der Waals surface area contributed by atoms with Crippen molar-refractivity contribution in [1.82, 2.24) is 9.97 Å². The van der Waals surface area contributed by atoms with Gasteiger partial charge in [-0.2, -0.15) is 0 Å². The maximum atomic E-state index is 10.6. The molecule has 112 valence electrons. The topological polar surface area (TPSA) is 80.9 Å². The Morgan fingerprint density at radius 1 is 1.05 bits per heavy atom. The number of carbonyl (C=O) groups is 1. The minimum Gasteiger partial charge on any atom is -0.397 e. The van der Waals surface area contributed by atoms with Crippen molar-refractivity contribution in [3.05, 3.63) is 44.9 Å². The van der Waals surface area contributed by atoms with Crippen molar-refractivity contribution < 1.29 is 4.79 Å². The molecule has 0 saturated heterocycles. The number of nitrogens with one attached hydrogen (secondary N) is 1. The van der Waals surface area contributed by atoms with Gasteiger partial charge >= 0.3 is 0 Å². The lowest BCUT2D eigenvalue weighted by Gasteiger charge is -2.01. The van der Waals surface area contributed by atoms with E-state index in [9.17, 15) is 4.79 Å². The molecule has 3 N–H and O–H groups in total. The van der Waals surface area contributed by atoms with Crippen LogP contribution in [0.4, 0.5) is 11.4 Å². The fraction of sp³-hybridized carbons (Fsp3) is 0.0833. The zero-order valence-electron chi connectivity index (χ0n) is 10.7. The first-order valence-corrected chi connectivity index (χ1v) is 6.96. The van der Waals surface area contributed by atoms with Gasteiger partial charge < -0.3 is 11.1 Å². The molecule has 2 rings (SSSR count). The molecule has 0 radical (unpaired) electrons. The quantitative estimate of drug-likeness (QED) is 0.735. The highest BCUT2D eigenvalue weighted by molar-refractivity contribution is 6.41.